The Morgan fingerprint density at radius 1 is 0.950 bits per heavy atom. The Labute approximate surface area is 245 Å². The van der Waals surface area contributed by atoms with Crippen LogP contribution in [0.4, 0.5) is 5.69 Å². The molecule has 0 spiro atoms. The predicted octanol–water partition coefficient (Wildman–Crippen LogP) is 5.72. The van der Waals surface area contributed by atoms with Crippen molar-refractivity contribution in [2.24, 2.45) is 0 Å². The van der Waals surface area contributed by atoms with E-state index in [1.807, 2.05) is 49.4 Å². The van der Waals surface area contributed by atoms with Crippen molar-refractivity contribution in [2.45, 2.75) is 6.92 Å². The van der Waals surface area contributed by atoms with Crippen molar-refractivity contribution < 1.29 is 28.2 Å². The lowest BCUT2D eigenvalue weighted by Crippen LogP contribution is -2.15. The number of aromatic carboxylic acids is 2. The van der Waals surface area contributed by atoms with Crippen molar-refractivity contribution in [3.63, 3.8) is 0 Å². The number of carboxylic acids is 2. The average molecular weight is 607 g/mol. The van der Waals surface area contributed by atoms with E-state index >= 15 is 0 Å². The van der Waals surface area contributed by atoms with Crippen LogP contribution in [-0.4, -0.2) is 52.3 Å². The molecule has 0 radical (unpaired) electrons. The average Bonchev–Trinajstić information content (AvgIpc) is 3.27. The summed E-state index contributed by atoms with van der Waals surface area (Å²) in [4.78, 5) is 24.8. The number of aromatic nitrogens is 2. The van der Waals surface area contributed by atoms with E-state index in [1.165, 1.54) is 22.2 Å². The first-order valence-corrected chi connectivity index (χ1v) is 13.1. The number of halogens is 2. The number of hydrogen-bond donors (Lipinski definition) is 3. The Balaban J connectivity index is 0.000000486. The largest absolute Gasteiger partial charge is 0.478 e. The van der Waals surface area contributed by atoms with Crippen LogP contribution < -0.4 is 5.32 Å². The number of rotatable bonds is 8. The zero-order valence-electron chi connectivity index (χ0n) is 21.6. The summed E-state index contributed by atoms with van der Waals surface area (Å²) >= 11 is 0. The lowest BCUT2D eigenvalue weighted by atomic mass is 10.1. The predicted molar refractivity (Wildman–Crippen MR) is 161 cm³/mol. The molecule has 0 saturated heterocycles. The quantitative estimate of drug-likeness (QED) is 0.232. The minimum Gasteiger partial charge on any atom is -0.478 e. The Hall–Kier alpha value is -4.12. The lowest BCUT2D eigenvalue weighted by Gasteiger charge is -2.10. The van der Waals surface area contributed by atoms with Gasteiger partial charge in [-0.2, -0.15) is 0 Å². The molecular formula is C28H29Cl2N3O6S. The van der Waals surface area contributed by atoms with E-state index < -0.39 is 22.0 Å². The maximum atomic E-state index is 13.0. The number of nitrogens with zero attached hydrogens (tertiary/aromatic N) is 2. The molecule has 0 aliphatic carbocycles. The number of nitrogens with one attached hydrogen (secondary N) is 1. The highest BCUT2D eigenvalue weighted by molar-refractivity contribution is 7.90. The molecule has 0 fully saturated rings. The molecular weight excluding hydrogens is 577 g/mol. The Bertz CT molecular complexity index is 1530. The van der Waals surface area contributed by atoms with E-state index in [9.17, 15) is 18.0 Å². The van der Waals surface area contributed by atoms with Gasteiger partial charge >= 0.3 is 11.9 Å². The summed E-state index contributed by atoms with van der Waals surface area (Å²) in [5.74, 6) is -2.35. The molecule has 0 atom stereocenters. The molecule has 0 saturated carbocycles. The molecule has 0 aliphatic rings. The van der Waals surface area contributed by atoms with Crippen molar-refractivity contribution in [1.29, 1.82) is 0 Å². The molecule has 0 aliphatic heterocycles. The van der Waals surface area contributed by atoms with Crippen molar-refractivity contribution in [2.75, 3.05) is 18.1 Å². The van der Waals surface area contributed by atoms with E-state index in [0.717, 1.165) is 28.4 Å². The van der Waals surface area contributed by atoms with Crippen molar-refractivity contribution >= 4 is 58.5 Å². The molecule has 4 rings (SSSR count). The number of hydrogen-bond acceptors (Lipinski definition) is 6. The summed E-state index contributed by atoms with van der Waals surface area (Å²) < 4.78 is 27.3. The van der Waals surface area contributed by atoms with Crippen molar-refractivity contribution in [3.8, 4) is 11.3 Å². The van der Waals surface area contributed by atoms with Gasteiger partial charge in [-0.1, -0.05) is 54.6 Å². The fourth-order valence-corrected chi connectivity index (χ4v) is 4.92. The fourth-order valence-electron chi connectivity index (χ4n) is 3.63. The zero-order chi connectivity index (χ0) is 27.7. The molecule has 4 aromatic rings. The van der Waals surface area contributed by atoms with Gasteiger partial charge in [0.1, 0.15) is 0 Å². The maximum absolute atomic E-state index is 13.0. The van der Waals surface area contributed by atoms with Crippen molar-refractivity contribution in [3.05, 3.63) is 114 Å². The summed E-state index contributed by atoms with van der Waals surface area (Å²) in [7, 11) is -1.76. The molecule has 212 valence electrons. The second-order valence-electron chi connectivity index (χ2n) is 8.09. The van der Waals surface area contributed by atoms with Gasteiger partial charge in [-0.05, 0) is 47.9 Å². The number of carboxylic acid groups (broad SMARTS) is 2. The normalized spacial score (nSPS) is 10.4. The monoisotopic (exact) mass is 605 g/mol. The number of carbonyl (C=O) groups is 2. The van der Waals surface area contributed by atoms with Crippen LogP contribution in [0.5, 0.6) is 0 Å². The third-order valence-electron chi connectivity index (χ3n) is 5.50. The highest BCUT2D eigenvalue weighted by Gasteiger charge is 2.21. The number of pyridine rings is 1. The van der Waals surface area contributed by atoms with Crippen LogP contribution in [-0.2, 0) is 10.0 Å². The van der Waals surface area contributed by atoms with E-state index in [0.29, 0.717) is 5.69 Å². The fraction of sp³-hybridized carbons (Fsp3) is 0.107. The van der Waals surface area contributed by atoms with Crippen LogP contribution in [0.15, 0.2) is 91.4 Å². The molecule has 0 amide bonds. The van der Waals surface area contributed by atoms with E-state index in [2.05, 4.69) is 10.3 Å². The van der Waals surface area contributed by atoms with E-state index in [4.69, 9.17) is 10.2 Å². The van der Waals surface area contributed by atoms with Crippen LogP contribution in [0.25, 0.3) is 17.3 Å². The minimum atomic E-state index is -3.55. The van der Waals surface area contributed by atoms with Gasteiger partial charge in [0.2, 0.25) is 10.0 Å². The summed E-state index contributed by atoms with van der Waals surface area (Å²) in [5.41, 5.74) is 4.08. The van der Waals surface area contributed by atoms with Gasteiger partial charge in [-0.3, -0.25) is 4.98 Å². The molecule has 2 aromatic heterocycles. The highest BCUT2D eigenvalue weighted by atomic mass is 35.5. The Morgan fingerprint density at radius 3 is 2.10 bits per heavy atom. The smallest absolute Gasteiger partial charge is 0.335 e. The van der Waals surface area contributed by atoms with Crippen LogP contribution >= 0.6 is 24.8 Å². The SMILES string of the molecule is CNc1cn(S(=O)(=O)CC=Cc2cccnc2)c(-c2ccccc2)c1C.Cl.Cl.O=C(O)c1cccc(C(=O)O)c1. The molecule has 12 heteroatoms. The first-order chi connectivity index (χ1) is 18.1. The Morgan fingerprint density at radius 2 is 1.57 bits per heavy atom. The third-order valence-corrected chi connectivity index (χ3v) is 7.00. The summed E-state index contributed by atoms with van der Waals surface area (Å²) in [6.45, 7) is 1.92. The lowest BCUT2D eigenvalue weighted by molar-refractivity contribution is 0.0696. The van der Waals surface area contributed by atoms with Crippen LogP contribution in [0.2, 0.25) is 0 Å². The van der Waals surface area contributed by atoms with Gasteiger partial charge < -0.3 is 15.5 Å². The minimum absolute atomic E-state index is 0. The molecule has 0 unspecified atom stereocenters. The first kappa shape index (κ1) is 33.9. The van der Waals surface area contributed by atoms with Gasteiger partial charge in [0.05, 0.1) is 28.3 Å². The summed E-state index contributed by atoms with van der Waals surface area (Å²) in [6, 6.07) is 18.4. The van der Waals surface area contributed by atoms with Crippen LogP contribution in [0.3, 0.4) is 0 Å². The number of anilines is 1. The standard InChI is InChI=1S/C20H21N3O2S.C8H6O4.2ClH/c1-16-19(21-2)15-23(20(16)18-10-4-3-5-11-18)26(24,25)13-7-9-17-8-6-12-22-14-17;9-7(10)5-2-1-3-6(4-5)8(11)12;;/h3-12,14-15,21H,13H2,1-2H3;1-4H,(H,9,10)(H,11,12);2*1H. The van der Waals surface area contributed by atoms with Gasteiger partial charge in [-0.25, -0.2) is 22.0 Å². The summed E-state index contributed by atoms with van der Waals surface area (Å²) in [5, 5.41) is 20.1. The van der Waals surface area contributed by atoms with Gasteiger partial charge in [0.15, 0.2) is 0 Å². The molecule has 3 N–H and O–H groups in total. The molecule has 2 heterocycles. The molecule has 40 heavy (non-hydrogen) atoms. The van der Waals surface area contributed by atoms with Gasteiger partial charge in [0.25, 0.3) is 0 Å². The third kappa shape index (κ3) is 8.70. The van der Waals surface area contributed by atoms with Gasteiger partial charge in [-0.15, -0.1) is 24.8 Å². The van der Waals surface area contributed by atoms with E-state index in [1.54, 1.807) is 37.8 Å². The molecule has 9 nitrogen and oxygen atoms in total. The van der Waals surface area contributed by atoms with Gasteiger partial charge in [0, 0.05) is 25.6 Å². The van der Waals surface area contributed by atoms with E-state index in [-0.39, 0.29) is 41.7 Å². The second kappa shape index (κ2) is 15.5. The molecule has 2 aromatic carbocycles. The Kier molecular flexibility index (Phi) is 13.1. The maximum Gasteiger partial charge on any atom is 0.335 e. The van der Waals surface area contributed by atoms with Crippen LogP contribution in [0.1, 0.15) is 31.8 Å². The van der Waals surface area contributed by atoms with Crippen LogP contribution in [0, 0.1) is 6.92 Å². The van der Waals surface area contributed by atoms with Crippen molar-refractivity contribution in [1.82, 2.24) is 8.96 Å². The second-order valence-corrected chi connectivity index (χ2v) is 9.98. The summed E-state index contributed by atoms with van der Waals surface area (Å²) in [6.07, 6.45) is 8.43. The zero-order valence-corrected chi connectivity index (χ0v) is 24.0. The molecule has 0 bridgehead atoms. The number of benzene rings is 2. The highest BCUT2D eigenvalue weighted by Crippen LogP contribution is 2.32. The first-order valence-electron chi connectivity index (χ1n) is 11.5. The topological polar surface area (TPSA) is 139 Å².